The molecule has 2 aromatic carbocycles. The van der Waals surface area contributed by atoms with E-state index in [1.54, 1.807) is 0 Å². The summed E-state index contributed by atoms with van der Waals surface area (Å²) in [6.45, 7) is 0.732. The summed E-state index contributed by atoms with van der Waals surface area (Å²) in [7, 11) is 0. The Morgan fingerprint density at radius 3 is 2.48 bits per heavy atom. The van der Waals surface area contributed by atoms with E-state index in [0.29, 0.717) is 6.54 Å². The molecular weight excluding hydrogens is 377 g/mol. The first-order valence-corrected chi connectivity index (χ1v) is 8.01. The van der Waals surface area contributed by atoms with Gasteiger partial charge in [0.1, 0.15) is 5.75 Å². The molecule has 0 atom stereocenters. The fourth-order valence-corrected chi connectivity index (χ4v) is 2.26. The SMILES string of the molecule is O=C(COc1ccc(I)cc1)NCCCc1ccccc1. The predicted molar refractivity (Wildman–Crippen MR) is 92.4 cm³/mol. The van der Waals surface area contributed by atoms with Crippen LogP contribution in [0.3, 0.4) is 0 Å². The van der Waals surface area contributed by atoms with E-state index in [-0.39, 0.29) is 12.5 Å². The number of nitrogens with one attached hydrogen (secondary N) is 1. The van der Waals surface area contributed by atoms with Crippen LogP contribution in [0.1, 0.15) is 12.0 Å². The van der Waals surface area contributed by atoms with E-state index in [1.807, 2.05) is 42.5 Å². The molecule has 4 heteroatoms. The Bertz CT molecular complexity index is 555. The smallest absolute Gasteiger partial charge is 0.257 e. The lowest BCUT2D eigenvalue weighted by Gasteiger charge is -2.07. The molecule has 0 saturated carbocycles. The van der Waals surface area contributed by atoms with Crippen molar-refractivity contribution >= 4 is 28.5 Å². The van der Waals surface area contributed by atoms with Crippen LogP contribution in [0.4, 0.5) is 0 Å². The van der Waals surface area contributed by atoms with E-state index < -0.39 is 0 Å². The number of rotatable bonds is 7. The summed E-state index contributed by atoms with van der Waals surface area (Å²) in [5, 5.41) is 2.87. The first-order chi connectivity index (χ1) is 10.2. The molecular formula is C17H18INO2. The van der Waals surface area contributed by atoms with Gasteiger partial charge in [0, 0.05) is 10.1 Å². The molecule has 0 aliphatic rings. The minimum Gasteiger partial charge on any atom is -0.484 e. The largest absolute Gasteiger partial charge is 0.484 e. The topological polar surface area (TPSA) is 38.3 Å². The van der Waals surface area contributed by atoms with Crippen LogP contribution in [0.5, 0.6) is 5.75 Å². The summed E-state index contributed by atoms with van der Waals surface area (Å²) in [5.41, 5.74) is 1.29. The van der Waals surface area contributed by atoms with Crippen LogP contribution < -0.4 is 10.1 Å². The molecule has 0 heterocycles. The molecule has 3 nitrogen and oxygen atoms in total. The molecule has 0 spiro atoms. The molecule has 1 amide bonds. The van der Waals surface area contributed by atoms with Gasteiger partial charge in [-0.3, -0.25) is 4.79 Å². The molecule has 0 aliphatic heterocycles. The molecule has 2 rings (SSSR count). The first-order valence-electron chi connectivity index (χ1n) is 6.93. The zero-order chi connectivity index (χ0) is 14.9. The minimum absolute atomic E-state index is 0.0614. The van der Waals surface area contributed by atoms with Gasteiger partial charge >= 0.3 is 0 Å². The van der Waals surface area contributed by atoms with Crippen LogP contribution in [0, 0.1) is 3.57 Å². The van der Waals surface area contributed by atoms with Gasteiger partial charge in [-0.2, -0.15) is 0 Å². The summed E-state index contributed by atoms with van der Waals surface area (Å²) in [5.74, 6) is 0.636. The maximum atomic E-state index is 11.7. The number of hydrogen-bond donors (Lipinski definition) is 1. The third-order valence-corrected chi connectivity index (χ3v) is 3.71. The lowest BCUT2D eigenvalue weighted by Crippen LogP contribution is -2.29. The van der Waals surface area contributed by atoms with Crippen LogP contribution >= 0.6 is 22.6 Å². The van der Waals surface area contributed by atoms with Gasteiger partial charge < -0.3 is 10.1 Å². The van der Waals surface area contributed by atoms with Gasteiger partial charge in [-0.05, 0) is 65.3 Å². The third-order valence-electron chi connectivity index (χ3n) is 2.99. The lowest BCUT2D eigenvalue weighted by molar-refractivity contribution is -0.123. The average molecular weight is 395 g/mol. The molecule has 0 saturated heterocycles. The van der Waals surface area contributed by atoms with Gasteiger partial charge in [0.05, 0.1) is 0 Å². The number of halogens is 1. The third kappa shape index (κ3) is 6.16. The van der Waals surface area contributed by atoms with Crippen LogP contribution in [-0.4, -0.2) is 19.1 Å². The van der Waals surface area contributed by atoms with Crippen molar-refractivity contribution < 1.29 is 9.53 Å². The van der Waals surface area contributed by atoms with Crippen LogP contribution in [0.15, 0.2) is 54.6 Å². The Morgan fingerprint density at radius 2 is 1.76 bits per heavy atom. The molecule has 0 unspecified atom stereocenters. The number of carbonyl (C=O) groups excluding carboxylic acids is 1. The quantitative estimate of drug-likeness (QED) is 0.577. The Hall–Kier alpha value is -1.56. The summed E-state index contributed by atoms with van der Waals surface area (Å²) in [4.78, 5) is 11.7. The number of hydrogen-bond acceptors (Lipinski definition) is 2. The lowest BCUT2D eigenvalue weighted by atomic mass is 10.1. The first kappa shape index (κ1) is 15.8. The molecule has 21 heavy (non-hydrogen) atoms. The van der Waals surface area contributed by atoms with E-state index in [9.17, 15) is 4.79 Å². The summed E-state index contributed by atoms with van der Waals surface area (Å²) < 4.78 is 6.57. The van der Waals surface area contributed by atoms with Crippen LogP contribution in [-0.2, 0) is 11.2 Å². The predicted octanol–water partition coefficient (Wildman–Crippen LogP) is 3.42. The highest BCUT2D eigenvalue weighted by Crippen LogP contribution is 2.13. The molecule has 0 bridgehead atoms. The Kier molecular flexibility index (Phi) is 6.53. The molecule has 0 radical (unpaired) electrons. The Balaban J connectivity index is 1.60. The van der Waals surface area contributed by atoms with Crippen molar-refractivity contribution in [1.29, 1.82) is 0 Å². The zero-order valence-corrected chi connectivity index (χ0v) is 13.9. The van der Waals surface area contributed by atoms with E-state index in [1.165, 1.54) is 5.56 Å². The maximum Gasteiger partial charge on any atom is 0.257 e. The van der Waals surface area contributed by atoms with Crippen molar-refractivity contribution in [2.75, 3.05) is 13.2 Å². The van der Waals surface area contributed by atoms with Gasteiger partial charge in [-0.15, -0.1) is 0 Å². The van der Waals surface area contributed by atoms with Crippen molar-refractivity contribution in [1.82, 2.24) is 5.32 Å². The number of amides is 1. The molecule has 2 aromatic rings. The number of carbonyl (C=O) groups is 1. The highest BCUT2D eigenvalue weighted by atomic mass is 127. The highest BCUT2D eigenvalue weighted by Gasteiger charge is 2.02. The molecule has 110 valence electrons. The average Bonchev–Trinajstić information content (AvgIpc) is 2.52. The van der Waals surface area contributed by atoms with E-state index in [4.69, 9.17) is 4.74 Å². The van der Waals surface area contributed by atoms with E-state index in [2.05, 4.69) is 40.0 Å². The van der Waals surface area contributed by atoms with E-state index >= 15 is 0 Å². The zero-order valence-electron chi connectivity index (χ0n) is 11.7. The second kappa shape index (κ2) is 8.67. The monoisotopic (exact) mass is 395 g/mol. The number of benzene rings is 2. The van der Waals surface area contributed by atoms with Gasteiger partial charge in [-0.1, -0.05) is 30.3 Å². The van der Waals surface area contributed by atoms with E-state index in [0.717, 1.165) is 22.2 Å². The van der Waals surface area contributed by atoms with Crippen LogP contribution in [0.2, 0.25) is 0 Å². The van der Waals surface area contributed by atoms with Crippen molar-refractivity contribution in [3.8, 4) is 5.75 Å². The number of ether oxygens (including phenoxy) is 1. The molecule has 1 N–H and O–H groups in total. The fraction of sp³-hybridized carbons (Fsp3) is 0.235. The van der Waals surface area contributed by atoms with Crippen molar-refractivity contribution in [3.63, 3.8) is 0 Å². The summed E-state index contributed by atoms with van der Waals surface area (Å²) in [6.07, 6.45) is 1.90. The second-order valence-corrected chi connectivity index (χ2v) is 5.93. The van der Waals surface area contributed by atoms with Gasteiger partial charge in [0.25, 0.3) is 5.91 Å². The normalized spacial score (nSPS) is 10.1. The molecule has 0 fully saturated rings. The summed E-state index contributed by atoms with van der Waals surface area (Å²) in [6, 6.07) is 17.9. The standard InChI is InChI=1S/C17H18INO2/c18-15-8-10-16(11-9-15)21-13-17(20)19-12-4-7-14-5-2-1-3-6-14/h1-3,5-6,8-11H,4,7,12-13H2,(H,19,20). The summed E-state index contributed by atoms with van der Waals surface area (Å²) >= 11 is 2.23. The highest BCUT2D eigenvalue weighted by molar-refractivity contribution is 14.1. The fourth-order valence-electron chi connectivity index (χ4n) is 1.90. The Morgan fingerprint density at radius 1 is 1.05 bits per heavy atom. The van der Waals surface area contributed by atoms with Gasteiger partial charge in [0.15, 0.2) is 6.61 Å². The van der Waals surface area contributed by atoms with Crippen molar-refractivity contribution in [2.45, 2.75) is 12.8 Å². The van der Waals surface area contributed by atoms with Gasteiger partial charge in [0.2, 0.25) is 0 Å². The Labute approximate surface area is 138 Å². The maximum absolute atomic E-state index is 11.7. The van der Waals surface area contributed by atoms with Crippen molar-refractivity contribution in [3.05, 3.63) is 63.7 Å². The van der Waals surface area contributed by atoms with Crippen molar-refractivity contribution in [2.24, 2.45) is 0 Å². The van der Waals surface area contributed by atoms with Gasteiger partial charge in [-0.25, -0.2) is 0 Å². The molecule has 0 aliphatic carbocycles. The second-order valence-electron chi connectivity index (χ2n) is 4.68. The number of aryl methyl sites for hydroxylation is 1. The molecule has 0 aromatic heterocycles. The minimum atomic E-state index is -0.0818. The van der Waals surface area contributed by atoms with Crippen LogP contribution in [0.25, 0.3) is 0 Å².